The topological polar surface area (TPSA) is 121 Å². The molecule has 0 aromatic heterocycles. The summed E-state index contributed by atoms with van der Waals surface area (Å²) < 4.78 is 39.9. The highest BCUT2D eigenvalue weighted by Crippen LogP contribution is 2.43. The smallest absolute Gasteiger partial charge is 0.462 e. The van der Waals surface area contributed by atoms with Crippen molar-refractivity contribution >= 4 is 19.8 Å². The van der Waals surface area contributed by atoms with Gasteiger partial charge in [0.25, 0.3) is 0 Å². The summed E-state index contributed by atoms with van der Waals surface area (Å²) in [6, 6.07) is 0. The number of nitrogens with zero attached hydrogens (tertiary/aromatic N) is 1. The van der Waals surface area contributed by atoms with E-state index in [0.29, 0.717) is 36.1 Å². The summed E-state index contributed by atoms with van der Waals surface area (Å²) >= 11 is 0. The molecule has 0 aromatic rings. The lowest BCUT2D eigenvalue weighted by molar-refractivity contribution is -0.870. The van der Waals surface area contributed by atoms with E-state index in [0.717, 1.165) is 51.4 Å². The predicted molar refractivity (Wildman–Crippen MR) is 214 cm³/mol. The molecule has 0 amide bonds. The third kappa shape index (κ3) is 32.2. The number of allylic oxidation sites excluding steroid dienone is 4. The number of carbonyl (C=O) groups is 2. The highest BCUT2D eigenvalue weighted by atomic mass is 31.2. The third-order valence-electron chi connectivity index (χ3n) is 9.08. The lowest BCUT2D eigenvalue weighted by atomic mass is 10.1. The van der Waals surface area contributed by atoms with Crippen molar-refractivity contribution in [1.29, 1.82) is 0 Å². The molecule has 1 aliphatic rings. The second-order valence-corrected chi connectivity index (χ2v) is 16.9. The van der Waals surface area contributed by atoms with Crippen molar-refractivity contribution in [2.24, 2.45) is 0 Å². The zero-order valence-electron chi connectivity index (χ0n) is 34.2. The van der Waals surface area contributed by atoms with E-state index in [1.54, 1.807) is 0 Å². The van der Waals surface area contributed by atoms with Crippen LogP contribution in [-0.2, 0) is 37.4 Å². The van der Waals surface area contributed by atoms with E-state index in [1.807, 2.05) is 21.1 Å². The molecule has 1 rings (SSSR count). The van der Waals surface area contributed by atoms with Crippen molar-refractivity contribution in [3.63, 3.8) is 0 Å². The number of phosphoric ester groups is 1. The lowest BCUT2D eigenvalue weighted by Crippen LogP contribution is -2.37. The van der Waals surface area contributed by atoms with Gasteiger partial charge in [0.15, 0.2) is 6.10 Å². The molecular weight excluding hydrogens is 693 g/mol. The highest BCUT2D eigenvalue weighted by molar-refractivity contribution is 7.47. The molecule has 1 N–H and O–H groups in total. The fraction of sp³-hybridized carbons (Fsp3) is 0.810. The van der Waals surface area contributed by atoms with E-state index in [-0.39, 0.29) is 26.1 Å². The van der Waals surface area contributed by atoms with E-state index in [9.17, 15) is 19.0 Å². The van der Waals surface area contributed by atoms with Gasteiger partial charge in [0, 0.05) is 12.8 Å². The fourth-order valence-electron chi connectivity index (χ4n) is 5.63. The van der Waals surface area contributed by atoms with Crippen molar-refractivity contribution in [3.8, 4) is 0 Å². The normalized spacial score (nSPS) is 17.8. The maximum absolute atomic E-state index is 12.6. The van der Waals surface area contributed by atoms with Gasteiger partial charge in [-0.15, -0.1) is 0 Å². The van der Waals surface area contributed by atoms with Crippen LogP contribution in [0.1, 0.15) is 155 Å². The first-order valence-corrected chi connectivity index (χ1v) is 22.3. The number of quaternary nitrogens is 1. The van der Waals surface area contributed by atoms with Gasteiger partial charge in [0.1, 0.15) is 19.8 Å². The molecule has 1 saturated heterocycles. The molecular formula is C42H77NO9P+. The second kappa shape index (κ2) is 31.4. The first-order chi connectivity index (χ1) is 25.5. The van der Waals surface area contributed by atoms with Gasteiger partial charge in [0.2, 0.25) is 0 Å². The summed E-state index contributed by atoms with van der Waals surface area (Å²) in [4.78, 5) is 35.2. The van der Waals surface area contributed by atoms with Crippen molar-refractivity contribution in [2.75, 3.05) is 47.5 Å². The van der Waals surface area contributed by atoms with E-state index >= 15 is 0 Å². The van der Waals surface area contributed by atoms with Crippen LogP contribution in [0, 0.1) is 0 Å². The zero-order valence-corrected chi connectivity index (χ0v) is 35.1. The Morgan fingerprint density at radius 3 is 1.85 bits per heavy atom. The Hall–Kier alpha value is -1.81. The Kier molecular flexibility index (Phi) is 29.2. The summed E-state index contributed by atoms with van der Waals surface area (Å²) in [5.41, 5.74) is 0. The molecule has 1 heterocycles. The number of epoxide rings is 1. The Bertz CT molecular complexity index is 1070. The van der Waals surface area contributed by atoms with Gasteiger partial charge in [-0.3, -0.25) is 18.6 Å². The summed E-state index contributed by atoms with van der Waals surface area (Å²) in [6.07, 6.45) is 35.1. The molecule has 0 aliphatic carbocycles. The Morgan fingerprint density at radius 1 is 0.679 bits per heavy atom. The van der Waals surface area contributed by atoms with Gasteiger partial charge in [-0.25, -0.2) is 4.57 Å². The number of rotatable bonds is 36. The minimum absolute atomic E-state index is 0.0213. The number of carbonyl (C=O) groups excluding carboxylic acids is 2. The molecule has 0 radical (unpaired) electrons. The van der Waals surface area contributed by atoms with Gasteiger partial charge in [0.05, 0.1) is 40.0 Å². The minimum Gasteiger partial charge on any atom is -0.462 e. The minimum atomic E-state index is -4.38. The predicted octanol–water partition coefficient (Wildman–Crippen LogP) is 10.3. The molecule has 4 atom stereocenters. The molecule has 1 fully saturated rings. The first kappa shape index (κ1) is 49.2. The van der Waals surface area contributed by atoms with Crippen LogP contribution in [0.15, 0.2) is 36.5 Å². The molecule has 53 heavy (non-hydrogen) atoms. The van der Waals surface area contributed by atoms with E-state index in [1.165, 1.54) is 64.2 Å². The quantitative estimate of drug-likeness (QED) is 0.0166. The summed E-state index contributed by atoms with van der Waals surface area (Å²) in [5.74, 6) is -0.871. The lowest BCUT2D eigenvalue weighted by Gasteiger charge is -2.24. The van der Waals surface area contributed by atoms with Crippen molar-refractivity contribution in [2.45, 2.75) is 173 Å². The third-order valence-corrected chi connectivity index (χ3v) is 10.1. The molecule has 0 spiro atoms. The average molecular weight is 771 g/mol. The van der Waals surface area contributed by atoms with Crippen LogP contribution < -0.4 is 0 Å². The maximum atomic E-state index is 12.6. The largest absolute Gasteiger partial charge is 0.472 e. The van der Waals surface area contributed by atoms with Crippen molar-refractivity contribution in [3.05, 3.63) is 36.5 Å². The van der Waals surface area contributed by atoms with Gasteiger partial charge in [-0.2, -0.15) is 0 Å². The van der Waals surface area contributed by atoms with E-state index in [2.05, 4.69) is 50.3 Å². The highest BCUT2D eigenvalue weighted by Gasteiger charge is 2.36. The molecule has 10 nitrogen and oxygen atoms in total. The average Bonchev–Trinajstić information content (AvgIpc) is 3.86. The first-order valence-electron chi connectivity index (χ1n) is 20.8. The second-order valence-electron chi connectivity index (χ2n) is 15.4. The SMILES string of the molecule is CCCCC/C=C\CC1OC1C/C=C\C/C=C\CCCC(=O)OC[C@H](COP(=O)(O)OCC[N+](C)(C)C)OC(=O)CCCCCCCCCCCCC. The van der Waals surface area contributed by atoms with E-state index < -0.39 is 32.5 Å². The number of hydrogen-bond donors (Lipinski definition) is 1. The molecule has 1 aliphatic heterocycles. The Balaban J connectivity index is 2.33. The van der Waals surface area contributed by atoms with Gasteiger partial charge < -0.3 is 23.6 Å². The van der Waals surface area contributed by atoms with Gasteiger partial charge >= 0.3 is 19.8 Å². The molecule has 0 bridgehead atoms. The van der Waals surface area contributed by atoms with Crippen LogP contribution in [0.5, 0.6) is 0 Å². The number of unbranched alkanes of at least 4 members (excludes halogenated alkanes) is 14. The van der Waals surface area contributed by atoms with Crippen molar-refractivity contribution in [1.82, 2.24) is 0 Å². The van der Waals surface area contributed by atoms with Crippen LogP contribution >= 0.6 is 7.82 Å². The van der Waals surface area contributed by atoms with Crippen LogP contribution in [0.25, 0.3) is 0 Å². The zero-order chi connectivity index (χ0) is 39.0. The number of phosphoric acid groups is 1. The summed E-state index contributed by atoms with van der Waals surface area (Å²) in [7, 11) is 1.44. The van der Waals surface area contributed by atoms with Crippen LogP contribution in [0.4, 0.5) is 0 Å². The number of hydrogen-bond acceptors (Lipinski definition) is 8. The maximum Gasteiger partial charge on any atom is 0.472 e. The fourth-order valence-corrected chi connectivity index (χ4v) is 6.38. The molecule has 0 saturated carbocycles. The molecule has 0 aromatic carbocycles. The Labute approximate surface area is 323 Å². The summed E-state index contributed by atoms with van der Waals surface area (Å²) in [5, 5.41) is 0. The number of likely N-dealkylation sites (N-methyl/N-ethyl adjacent to an activating group) is 1. The number of ether oxygens (including phenoxy) is 3. The monoisotopic (exact) mass is 771 g/mol. The molecule has 3 unspecified atom stereocenters. The van der Waals surface area contributed by atoms with Crippen LogP contribution in [0.2, 0.25) is 0 Å². The number of esters is 2. The van der Waals surface area contributed by atoms with E-state index in [4.69, 9.17) is 23.3 Å². The summed E-state index contributed by atoms with van der Waals surface area (Å²) in [6.45, 7) is 4.30. The van der Waals surface area contributed by atoms with Crippen LogP contribution in [-0.4, -0.2) is 87.1 Å². The Morgan fingerprint density at radius 2 is 1.21 bits per heavy atom. The molecule has 308 valence electrons. The van der Waals surface area contributed by atoms with Gasteiger partial charge in [-0.1, -0.05) is 127 Å². The standard InChI is InChI=1S/C42H76NO9P/c1-6-8-10-12-14-15-16-17-20-25-29-33-42(45)51-38(37-50-53(46,47)49-35-34-43(3,4)5)36-48-41(44)32-28-24-21-18-19-23-27-31-40-39(52-40)30-26-22-13-11-9-7-2/h18,21-23,26-27,38-40H,6-17,19-20,24-25,28-37H2,1-5H3/p+1/b21-18-,26-22-,27-23-/t38-,39?,40?/m1/s1. The molecule has 11 heteroatoms. The van der Waals surface area contributed by atoms with Crippen LogP contribution in [0.3, 0.4) is 0 Å². The van der Waals surface area contributed by atoms with Gasteiger partial charge in [-0.05, 0) is 51.4 Å². The van der Waals surface area contributed by atoms with Crippen molar-refractivity contribution < 1.29 is 46.8 Å².